The van der Waals surface area contributed by atoms with Gasteiger partial charge in [0, 0.05) is 0 Å². The molecule has 1 atom stereocenters. The van der Waals surface area contributed by atoms with Crippen molar-refractivity contribution in [1.82, 2.24) is 0 Å². The summed E-state index contributed by atoms with van der Waals surface area (Å²) in [6, 6.07) is 0. The van der Waals surface area contributed by atoms with E-state index >= 15 is 0 Å². The lowest BCUT2D eigenvalue weighted by Crippen LogP contribution is -2.05. The molecule has 0 saturated heterocycles. The topological polar surface area (TPSA) is 0 Å². The third kappa shape index (κ3) is 12.8. The molecule has 1 unspecified atom stereocenters. The predicted octanol–water partition coefficient (Wildman–Crippen LogP) is 7.16. The summed E-state index contributed by atoms with van der Waals surface area (Å²) >= 11 is 0. The number of allylic oxidation sites excluding steroid dienone is 2. The first-order chi connectivity index (χ1) is 9.72. The van der Waals surface area contributed by atoms with E-state index in [2.05, 4.69) is 39.8 Å². The fraction of sp³-hybridized carbons (Fsp3) is 0.800. The zero-order chi connectivity index (χ0) is 15.1. The van der Waals surface area contributed by atoms with Crippen molar-refractivity contribution in [3.8, 4) is 0 Å². The molecule has 0 aromatic carbocycles. The van der Waals surface area contributed by atoms with E-state index in [1.165, 1.54) is 57.8 Å². The zero-order valence-electron chi connectivity index (χ0n) is 14.2. The van der Waals surface area contributed by atoms with Crippen LogP contribution in [0.15, 0.2) is 12.2 Å². The van der Waals surface area contributed by atoms with Gasteiger partial charge in [-0.15, -0.1) is 0 Å². The molecule has 0 aromatic rings. The van der Waals surface area contributed by atoms with E-state index in [0.29, 0.717) is 0 Å². The molecule has 0 rings (SSSR count). The van der Waals surface area contributed by atoms with Gasteiger partial charge in [0.25, 0.3) is 0 Å². The average Bonchev–Trinajstić information content (AvgIpc) is 2.43. The van der Waals surface area contributed by atoms with Crippen LogP contribution in [0, 0.1) is 25.7 Å². The average molecular weight is 279 g/mol. The lowest BCUT2D eigenvalue weighted by Gasteiger charge is -2.16. The van der Waals surface area contributed by atoms with E-state index < -0.39 is 0 Å². The van der Waals surface area contributed by atoms with Gasteiger partial charge in [0.1, 0.15) is 0 Å². The summed E-state index contributed by atoms with van der Waals surface area (Å²) in [5.74, 6) is 1.55. The van der Waals surface area contributed by atoms with E-state index in [9.17, 15) is 0 Å². The molecule has 0 aliphatic carbocycles. The normalized spacial score (nSPS) is 13.4. The Morgan fingerprint density at radius 1 is 0.750 bits per heavy atom. The zero-order valence-corrected chi connectivity index (χ0v) is 14.2. The summed E-state index contributed by atoms with van der Waals surface area (Å²) < 4.78 is 0. The standard InChI is InChI=1S/C20H38/c1-5-7-9-10-11-12-13-14-16-18-20(19(3)4)17-15-8-6-2/h15,17,19-20H,1-2,5-14,16,18H2,3-4H3. The monoisotopic (exact) mass is 278 g/mol. The third-order valence-electron chi connectivity index (χ3n) is 4.15. The number of rotatable bonds is 14. The highest BCUT2D eigenvalue weighted by atomic mass is 14.1. The Labute approximate surface area is 129 Å². The Hall–Kier alpha value is -0.260. The van der Waals surface area contributed by atoms with Crippen molar-refractivity contribution in [3.05, 3.63) is 26.0 Å². The molecule has 0 saturated carbocycles. The molecule has 118 valence electrons. The van der Waals surface area contributed by atoms with Crippen molar-refractivity contribution < 1.29 is 0 Å². The molecule has 0 bridgehead atoms. The highest BCUT2D eigenvalue weighted by molar-refractivity contribution is 4.90. The summed E-state index contributed by atoms with van der Waals surface area (Å²) in [6.45, 7) is 12.5. The Bertz CT molecular complexity index is 202. The molecule has 0 N–H and O–H groups in total. The van der Waals surface area contributed by atoms with Gasteiger partial charge in [-0.25, -0.2) is 0 Å². The van der Waals surface area contributed by atoms with Gasteiger partial charge >= 0.3 is 0 Å². The minimum Gasteiger partial charge on any atom is -0.0883 e. The lowest BCUT2D eigenvalue weighted by atomic mass is 9.89. The van der Waals surface area contributed by atoms with E-state index in [1.807, 2.05) is 0 Å². The smallest absolute Gasteiger partial charge is 0.0210 e. The molecule has 2 radical (unpaired) electrons. The Kier molecular flexibility index (Phi) is 14.9. The molecule has 20 heavy (non-hydrogen) atoms. The molecule has 0 aliphatic rings. The van der Waals surface area contributed by atoms with E-state index in [0.717, 1.165) is 31.1 Å². The molecule has 0 heteroatoms. The molecular formula is C20H38. The van der Waals surface area contributed by atoms with Gasteiger partial charge in [-0.05, 0) is 31.1 Å². The van der Waals surface area contributed by atoms with Crippen LogP contribution in [0.1, 0.15) is 90.9 Å². The molecule has 0 fully saturated rings. The van der Waals surface area contributed by atoms with Gasteiger partial charge in [-0.3, -0.25) is 0 Å². The largest absolute Gasteiger partial charge is 0.0883 e. The van der Waals surface area contributed by atoms with Crippen LogP contribution >= 0.6 is 0 Å². The summed E-state index contributed by atoms with van der Waals surface area (Å²) in [5.41, 5.74) is 0. The van der Waals surface area contributed by atoms with Gasteiger partial charge in [-0.2, -0.15) is 0 Å². The SMILES string of the molecule is [CH2]CCC=CC(CCCCCCCCCC[CH2])C(C)C. The maximum absolute atomic E-state index is 3.90. The first-order valence-corrected chi connectivity index (χ1v) is 8.97. The minimum atomic E-state index is 0.776. The van der Waals surface area contributed by atoms with Crippen LogP contribution in [0.5, 0.6) is 0 Å². The van der Waals surface area contributed by atoms with Crippen LogP contribution in [0.25, 0.3) is 0 Å². The second kappa shape index (κ2) is 15.1. The second-order valence-corrected chi connectivity index (χ2v) is 6.45. The Balaban J connectivity index is 3.49. The van der Waals surface area contributed by atoms with E-state index in [-0.39, 0.29) is 0 Å². The van der Waals surface area contributed by atoms with Crippen LogP contribution in [0.4, 0.5) is 0 Å². The summed E-state index contributed by atoms with van der Waals surface area (Å²) in [4.78, 5) is 0. The van der Waals surface area contributed by atoms with E-state index in [1.54, 1.807) is 0 Å². The number of unbranched alkanes of at least 4 members (excludes halogenated alkanes) is 9. The van der Waals surface area contributed by atoms with Crippen molar-refractivity contribution in [3.63, 3.8) is 0 Å². The summed E-state index contributed by atoms with van der Waals surface area (Å²) in [7, 11) is 0. The van der Waals surface area contributed by atoms with Crippen LogP contribution in [0.2, 0.25) is 0 Å². The molecule has 0 nitrogen and oxygen atoms in total. The first-order valence-electron chi connectivity index (χ1n) is 8.97. The maximum Gasteiger partial charge on any atom is -0.0210 e. The molecule has 0 amide bonds. The van der Waals surface area contributed by atoms with Crippen molar-refractivity contribution >= 4 is 0 Å². The summed E-state index contributed by atoms with van der Waals surface area (Å²) in [5, 5.41) is 0. The third-order valence-corrected chi connectivity index (χ3v) is 4.15. The van der Waals surface area contributed by atoms with Crippen LogP contribution < -0.4 is 0 Å². The lowest BCUT2D eigenvalue weighted by molar-refractivity contribution is 0.412. The van der Waals surface area contributed by atoms with Crippen molar-refractivity contribution in [1.29, 1.82) is 0 Å². The van der Waals surface area contributed by atoms with Crippen molar-refractivity contribution in [2.24, 2.45) is 11.8 Å². The molecule has 0 heterocycles. The number of hydrogen-bond donors (Lipinski definition) is 0. The maximum atomic E-state index is 3.90. The Morgan fingerprint density at radius 2 is 1.30 bits per heavy atom. The number of hydrogen-bond acceptors (Lipinski definition) is 0. The molecule has 0 aromatic heterocycles. The van der Waals surface area contributed by atoms with E-state index in [4.69, 9.17) is 0 Å². The van der Waals surface area contributed by atoms with Gasteiger partial charge in [0.05, 0.1) is 0 Å². The fourth-order valence-electron chi connectivity index (χ4n) is 2.66. The molecular weight excluding hydrogens is 240 g/mol. The first kappa shape index (κ1) is 19.7. The van der Waals surface area contributed by atoms with Crippen LogP contribution in [0.3, 0.4) is 0 Å². The summed E-state index contributed by atoms with van der Waals surface area (Å²) in [6.07, 6.45) is 20.6. The van der Waals surface area contributed by atoms with Crippen molar-refractivity contribution in [2.45, 2.75) is 90.9 Å². The highest BCUT2D eigenvalue weighted by Crippen LogP contribution is 2.21. The molecule has 0 aliphatic heterocycles. The Morgan fingerprint density at radius 3 is 1.80 bits per heavy atom. The fourth-order valence-corrected chi connectivity index (χ4v) is 2.66. The quantitative estimate of drug-likeness (QED) is 0.233. The van der Waals surface area contributed by atoms with Crippen LogP contribution in [-0.4, -0.2) is 0 Å². The highest BCUT2D eigenvalue weighted by Gasteiger charge is 2.08. The second-order valence-electron chi connectivity index (χ2n) is 6.45. The minimum absolute atomic E-state index is 0.776. The predicted molar refractivity (Wildman–Crippen MR) is 93.6 cm³/mol. The van der Waals surface area contributed by atoms with Crippen LogP contribution in [-0.2, 0) is 0 Å². The van der Waals surface area contributed by atoms with Crippen molar-refractivity contribution in [2.75, 3.05) is 0 Å². The van der Waals surface area contributed by atoms with Gasteiger partial charge in [0.15, 0.2) is 0 Å². The van der Waals surface area contributed by atoms with Gasteiger partial charge < -0.3 is 0 Å². The molecule has 0 spiro atoms. The van der Waals surface area contributed by atoms with Gasteiger partial charge in [0.2, 0.25) is 0 Å². The van der Waals surface area contributed by atoms with Gasteiger partial charge in [-0.1, -0.05) is 97.6 Å².